The maximum absolute atomic E-state index is 15.0. The molecule has 6 heteroatoms. The SMILES string of the molecule is CCCCOc1ccc(-c2ccc(C3CC=C(c4ccc(C)c(F)c4F)CC3)cc2F)c(F)c1F. The smallest absolute Gasteiger partial charge is 0.201 e. The fourth-order valence-corrected chi connectivity index (χ4v) is 4.46. The van der Waals surface area contributed by atoms with E-state index in [1.807, 2.05) is 13.0 Å². The minimum absolute atomic E-state index is 0.0171. The molecule has 3 aromatic carbocycles. The van der Waals surface area contributed by atoms with Crippen LogP contribution >= 0.6 is 0 Å². The van der Waals surface area contributed by atoms with Gasteiger partial charge in [0.15, 0.2) is 23.2 Å². The number of ether oxygens (including phenoxy) is 1. The zero-order valence-corrected chi connectivity index (χ0v) is 19.7. The molecule has 3 aromatic rings. The Morgan fingerprint density at radius 3 is 2.23 bits per heavy atom. The molecule has 1 nitrogen and oxygen atoms in total. The largest absolute Gasteiger partial charge is 0.490 e. The fraction of sp³-hybridized carbons (Fsp3) is 0.310. The molecule has 0 heterocycles. The van der Waals surface area contributed by atoms with Gasteiger partial charge in [0.1, 0.15) is 5.82 Å². The van der Waals surface area contributed by atoms with Gasteiger partial charge in [0.25, 0.3) is 0 Å². The first-order chi connectivity index (χ1) is 16.8. The fourth-order valence-electron chi connectivity index (χ4n) is 4.46. The van der Waals surface area contributed by atoms with Crippen molar-refractivity contribution >= 4 is 5.57 Å². The number of benzene rings is 3. The van der Waals surface area contributed by atoms with Crippen LogP contribution in [0.2, 0.25) is 0 Å². The molecule has 0 N–H and O–H groups in total. The van der Waals surface area contributed by atoms with Crippen LogP contribution in [0.5, 0.6) is 5.75 Å². The Labute approximate surface area is 202 Å². The van der Waals surface area contributed by atoms with Gasteiger partial charge < -0.3 is 4.74 Å². The summed E-state index contributed by atoms with van der Waals surface area (Å²) in [5, 5.41) is 0. The summed E-state index contributed by atoms with van der Waals surface area (Å²) in [6, 6.07) is 10.3. The van der Waals surface area contributed by atoms with Crippen molar-refractivity contribution in [2.24, 2.45) is 0 Å². The number of rotatable bonds is 7. The van der Waals surface area contributed by atoms with Gasteiger partial charge in [-0.1, -0.05) is 43.7 Å². The van der Waals surface area contributed by atoms with Gasteiger partial charge >= 0.3 is 0 Å². The zero-order valence-electron chi connectivity index (χ0n) is 19.7. The zero-order chi connectivity index (χ0) is 25.1. The Kier molecular flexibility index (Phi) is 7.58. The van der Waals surface area contributed by atoms with Crippen molar-refractivity contribution in [1.29, 1.82) is 0 Å². The molecular weight excluding hydrogens is 459 g/mol. The van der Waals surface area contributed by atoms with Crippen LogP contribution in [0.25, 0.3) is 16.7 Å². The average Bonchev–Trinajstić information content (AvgIpc) is 2.86. The van der Waals surface area contributed by atoms with Crippen LogP contribution in [0, 0.1) is 36.0 Å². The van der Waals surface area contributed by atoms with Gasteiger partial charge in [0.2, 0.25) is 5.82 Å². The molecule has 35 heavy (non-hydrogen) atoms. The molecule has 0 aliphatic heterocycles. The summed E-state index contributed by atoms with van der Waals surface area (Å²) >= 11 is 0. The van der Waals surface area contributed by atoms with E-state index in [4.69, 9.17) is 4.74 Å². The van der Waals surface area contributed by atoms with Gasteiger partial charge in [-0.25, -0.2) is 17.6 Å². The number of allylic oxidation sites excluding steroid dienone is 2. The van der Waals surface area contributed by atoms with E-state index in [2.05, 4.69) is 0 Å². The minimum atomic E-state index is -1.15. The van der Waals surface area contributed by atoms with Gasteiger partial charge in [-0.15, -0.1) is 0 Å². The van der Waals surface area contributed by atoms with Gasteiger partial charge in [-0.3, -0.25) is 0 Å². The summed E-state index contributed by atoms with van der Waals surface area (Å²) in [6.45, 7) is 3.75. The van der Waals surface area contributed by atoms with E-state index in [0.29, 0.717) is 25.7 Å². The van der Waals surface area contributed by atoms with E-state index in [1.165, 1.54) is 31.2 Å². The van der Waals surface area contributed by atoms with Gasteiger partial charge in [-0.05, 0) is 73.4 Å². The highest BCUT2D eigenvalue weighted by Gasteiger charge is 2.23. The second-order valence-corrected chi connectivity index (χ2v) is 8.94. The van der Waals surface area contributed by atoms with E-state index in [1.54, 1.807) is 18.2 Å². The third-order valence-corrected chi connectivity index (χ3v) is 6.59. The molecule has 184 valence electrons. The maximum atomic E-state index is 15.0. The molecular formula is C29H27F5O. The third kappa shape index (κ3) is 5.12. The second kappa shape index (κ2) is 10.6. The van der Waals surface area contributed by atoms with E-state index in [-0.39, 0.29) is 40.5 Å². The standard InChI is InChI=1S/C29H27F5O/c1-3-4-15-35-25-14-13-23(28(33)29(25)34)22-12-10-20(16-24(22)30)18-6-8-19(9-7-18)21-11-5-17(2)26(31)27(21)32/h5,8,10-14,16,18H,3-4,6-7,9,15H2,1-2H3. The van der Waals surface area contributed by atoms with Crippen molar-refractivity contribution in [2.75, 3.05) is 6.61 Å². The van der Waals surface area contributed by atoms with Crippen molar-refractivity contribution in [3.05, 3.63) is 94.3 Å². The maximum Gasteiger partial charge on any atom is 0.201 e. The summed E-state index contributed by atoms with van der Waals surface area (Å²) in [5.41, 5.74) is 1.76. The molecule has 0 radical (unpaired) electrons. The summed E-state index contributed by atoms with van der Waals surface area (Å²) in [5.74, 6) is -4.83. The number of hydrogen-bond donors (Lipinski definition) is 0. The predicted molar refractivity (Wildman–Crippen MR) is 128 cm³/mol. The third-order valence-electron chi connectivity index (χ3n) is 6.59. The lowest BCUT2D eigenvalue weighted by atomic mass is 9.82. The van der Waals surface area contributed by atoms with Crippen LogP contribution in [0.1, 0.15) is 61.6 Å². The number of halogens is 5. The first-order valence-electron chi connectivity index (χ1n) is 11.9. The highest BCUT2D eigenvalue weighted by atomic mass is 19.2. The lowest BCUT2D eigenvalue weighted by Gasteiger charge is -2.23. The molecule has 0 aromatic heterocycles. The van der Waals surface area contributed by atoms with Gasteiger partial charge in [0, 0.05) is 16.7 Å². The van der Waals surface area contributed by atoms with Gasteiger partial charge in [-0.2, -0.15) is 4.39 Å². The highest BCUT2D eigenvalue weighted by Crippen LogP contribution is 2.39. The Morgan fingerprint density at radius 2 is 1.54 bits per heavy atom. The van der Waals surface area contributed by atoms with Crippen LogP contribution in [0.15, 0.2) is 48.5 Å². The molecule has 1 aliphatic rings. The number of unbranched alkanes of at least 4 members (excludes halogenated alkanes) is 1. The first kappa shape index (κ1) is 25.0. The van der Waals surface area contributed by atoms with Crippen molar-refractivity contribution in [3.8, 4) is 16.9 Å². The van der Waals surface area contributed by atoms with E-state index in [9.17, 15) is 17.6 Å². The summed E-state index contributed by atoms with van der Waals surface area (Å²) in [7, 11) is 0. The van der Waals surface area contributed by atoms with Gasteiger partial charge in [0.05, 0.1) is 6.61 Å². The number of hydrogen-bond acceptors (Lipinski definition) is 1. The monoisotopic (exact) mass is 486 g/mol. The second-order valence-electron chi connectivity index (χ2n) is 8.94. The molecule has 0 bridgehead atoms. The minimum Gasteiger partial charge on any atom is -0.490 e. The topological polar surface area (TPSA) is 9.23 Å². The Hall–Kier alpha value is -3.15. The van der Waals surface area contributed by atoms with E-state index in [0.717, 1.165) is 17.6 Å². The lowest BCUT2D eigenvalue weighted by molar-refractivity contribution is 0.289. The Balaban J connectivity index is 1.53. The van der Waals surface area contributed by atoms with E-state index >= 15 is 4.39 Å². The molecule has 0 saturated carbocycles. The van der Waals surface area contributed by atoms with Crippen molar-refractivity contribution in [3.63, 3.8) is 0 Å². The Bertz CT molecular complexity index is 1260. The molecule has 1 aliphatic carbocycles. The van der Waals surface area contributed by atoms with Crippen LogP contribution in [-0.4, -0.2) is 6.61 Å². The quantitative estimate of drug-likeness (QED) is 0.239. The molecule has 0 fully saturated rings. The summed E-state index contributed by atoms with van der Waals surface area (Å²) in [6.07, 6.45) is 5.13. The van der Waals surface area contributed by atoms with Crippen LogP contribution in [0.4, 0.5) is 22.0 Å². The van der Waals surface area contributed by atoms with Crippen molar-refractivity contribution in [2.45, 2.75) is 51.9 Å². The van der Waals surface area contributed by atoms with Crippen molar-refractivity contribution < 1.29 is 26.7 Å². The first-order valence-corrected chi connectivity index (χ1v) is 11.9. The molecule has 1 unspecified atom stereocenters. The summed E-state index contributed by atoms with van der Waals surface area (Å²) in [4.78, 5) is 0. The lowest BCUT2D eigenvalue weighted by Crippen LogP contribution is -2.07. The van der Waals surface area contributed by atoms with Crippen LogP contribution in [-0.2, 0) is 0 Å². The molecule has 4 rings (SSSR count). The average molecular weight is 487 g/mol. The molecule has 0 amide bonds. The summed E-state index contributed by atoms with van der Waals surface area (Å²) < 4.78 is 77.7. The predicted octanol–water partition coefficient (Wildman–Crippen LogP) is 8.89. The molecule has 0 spiro atoms. The van der Waals surface area contributed by atoms with Crippen LogP contribution in [0.3, 0.4) is 0 Å². The Morgan fingerprint density at radius 1 is 0.829 bits per heavy atom. The van der Waals surface area contributed by atoms with Crippen molar-refractivity contribution in [1.82, 2.24) is 0 Å². The molecule has 0 saturated heterocycles. The molecule has 1 atom stereocenters. The highest BCUT2D eigenvalue weighted by molar-refractivity contribution is 5.68. The van der Waals surface area contributed by atoms with E-state index < -0.39 is 29.1 Å². The number of aryl methyl sites for hydroxylation is 1. The van der Waals surface area contributed by atoms with Crippen LogP contribution < -0.4 is 4.74 Å². The normalized spacial score (nSPS) is 15.7.